The van der Waals surface area contributed by atoms with Crippen molar-refractivity contribution in [3.63, 3.8) is 0 Å². The van der Waals surface area contributed by atoms with Crippen LogP contribution in [0.2, 0.25) is 0 Å². The number of amides is 2. The van der Waals surface area contributed by atoms with Gasteiger partial charge in [-0.2, -0.15) is 0 Å². The summed E-state index contributed by atoms with van der Waals surface area (Å²) < 4.78 is 6.18. The first kappa shape index (κ1) is 15.9. The summed E-state index contributed by atoms with van der Waals surface area (Å²) in [7, 11) is 1.66. The normalized spacial score (nSPS) is 14.9. The van der Waals surface area contributed by atoms with Crippen molar-refractivity contribution in [3.8, 4) is 5.75 Å². The predicted molar refractivity (Wildman–Crippen MR) is 95.1 cm³/mol. The summed E-state index contributed by atoms with van der Waals surface area (Å²) in [6.07, 6.45) is 2.19. The summed E-state index contributed by atoms with van der Waals surface area (Å²) in [6.45, 7) is 0.641. The average Bonchev–Trinajstić information content (AvgIpc) is 3.36. The van der Waals surface area contributed by atoms with Gasteiger partial charge in [-0.25, -0.2) is 4.79 Å². The van der Waals surface area contributed by atoms with Gasteiger partial charge in [0.25, 0.3) is 0 Å². The van der Waals surface area contributed by atoms with E-state index in [1.54, 1.807) is 7.11 Å². The van der Waals surface area contributed by atoms with Crippen LogP contribution in [0.4, 0.5) is 10.5 Å². The standard InChI is InChI=1S/C18H19BrN2O2/c1-23-16-8-2-13(3-9-16)18(10-11-18)12-20-17(22)21-15-6-4-14(19)5-7-15/h2-9H,10-12H2,1H3,(H2,20,21,22). The third-order valence-corrected chi connectivity index (χ3v) is 4.77. The summed E-state index contributed by atoms with van der Waals surface area (Å²) in [5, 5.41) is 5.83. The molecule has 0 aromatic heterocycles. The number of benzene rings is 2. The van der Waals surface area contributed by atoms with Crippen LogP contribution in [-0.2, 0) is 5.41 Å². The lowest BCUT2D eigenvalue weighted by Gasteiger charge is -2.17. The third-order valence-electron chi connectivity index (χ3n) is 4.25. The molecular formula is C18H19BrN2O2. The first-order valence-corrected chi connectivity index (χ1v) is 8.36. The van der Waals surface area contributed by atoms with Gasteiger partial charge in [0.15, 0.2) is 0 Å². The van der Waals surface area contributed by atoms with E-state index in [0.717, 1.165) is 28.8 Å². The zero-order valence-corrected chi connectivity index (χ0v) is 14.5. The second kappa shape index (κ2) is 6.62. The number of rotatable bonds is 5. The highest BCUT2D eigenvalue weighted by molar-refractivity contribution is 9.10. The van der Waals surface area contributed by atoms with Crippen LogP contribution >= 0.6 is 15.9 Å². The van der Waals surface area contributed by atoms with Gasteiger partial charge in [-0.3, -0.25) is 0 Å². The molecule has 2 N–H and O–H groups in total. The molecule has 3 rings (SSSR count). The third kappa shape index (κ3) is 3.85. The Morgan fingerprint density at radius 3 is 2.35 bits per heavy atom. The number of ether oxygens (including phenoxy) is 1. The number of methoxy groups -OCH3 is 1. The number of halogens is 1. The lowest BCUT2D eigenvalue weighted by Crippen LogP contribution is -2.35. The number of hydrogen-bond acceptors (Lipinski definition) is 2. The Balaban J connectivity index is 1.56. The molecule has 2 aromatic carbocycles. The highest BCUT2D eigenvalue weighted by atomic mass is 79.9. The van der Waals surface area contributed by atoms with E-state index in [9.17, 15) is 4.79 Å². The molecule has 0 radical (unpaired) electrons. The van der Waals surface area contributed by atoms with Crippen molar-refractivity contribution in [2.75, 3.05) is 19.0 Å². The van der Waals surface area contributed by atoms with Crippen molar-refractivity contribution < 1.29 is 9.53 Å². The molecule has 0 atom stereocenters. The smallest absolute Gasteiger partial charge is 0.319 e. The second-order valence-corrected chi connectivity index (χ2v) is 6.74. The molecule has 0 spiro atoms. The molecule has 2 amide bonds. The Labute approximate surface area is 144 Å². The largest absolute Gasteiger partial charge is 0.497 e. The Morgan fingerprint density at radius 1 is 1.13 bits per heavy atom. The summed E-state index contributed by atoms with van der Waals surface area (Å²) >= 11 is 3.38. The number of urea groups is 1. The molecular weight excluding hydrogens is 356 g/mol. The monoisotopic (exact) mass is 374 g/mol. The molecule has 1 aliphatic rings. The maximum atomic E-state index is 12.0. The van der Waals surface area contributed by atoms with Crippen LogP contribution < -0.4 is 15.4 Å². The van der Waals surface area contributed by atoms with E-state index in [-0.39, 0.29) is 11.4 Å². The van der Waals surface area contributed by atoms with E-state index in [4.69, 9.17) is 4.74 Å². The van der Waals surface area contributed by atoms with Gasteiger partial charge in [0.2, 0.25) is 0 Å². The van der Waals surface area contributed by atoms with Crippen LogP contribution in [0.25, 0.3) is 0 Å². The van der Waals surface area contributed by atoms with E-state index < -0.39 is 0 Å². The number of carbonyl (C=O) groups excluding carboxylic acids is 1. The Bertz CT molecular complexity index is 679. The minimum Gasteiger partial charge on any atom is -0.497 e. The lowest BCUT2D eigenvalue weighted by molar-refractivity contribution is 0.251. The fourth-order valence-electron chi connectivity index (χ4n) is 2.62. The van der Waals surface area contributed by atoms with Crippen molar-refractivity contribution >= 4 is 27.6 Å². The van der Waals surface area contributed by atoms with Crippen molar-refractivity contribution in [3.05, 3.63) is 58.6 Å². The van der Waals surface area contributed by atoms with Crippen LogP contribution in [0.15, 0.2) is 53.0 Å². The highest BCUT2D eigenvalue weighted by Crippen LogP contribution is 2.47. The van der Waals surface area contributed by atoms with Gasteiger partial charge in [0.1, 0.15) is 5.75 Å². The number of carbonyl (C=O) groups is 1. The Hall–Kier alpha value is -2.01. The molecule has 0 bridgehead atoms. The van der Waals surface area contributed by atoms with Crippen LogP contribution in [0.1, 0.15) is 18.4 Å². The summed E-state index contributed by atoms with van der Waals surface area (Å²) in [5.74, 6) is 0.852. The van der Waals surface area contributed by atoms with Gasteiger partial charge in [-0.15, -0.1) is 0 Å². The zero-order valence-electron chi connectivity index (χ0n) is 12.9. The quantitative estimate of drug-likeness (QED) is 0.818. The van der Waals surface area contributed by atoms with Gasteiger partial charge >= 0.3 is 6.03 Å². The van der Waals surface area contributed by atoms with Gasteiger partial charge in [-0.1, -0.05) is 28.1 Å². The molecule has 0 unspecified atom stereocenters. The van der Waals surface area contributed by atoms with Crippen LogP contribution in [-0.4, -0.2) is 19.7 Å². The SMILES string of the molecule is COc1ccc(C2(CNC(=O)Nc3ccc(Br)cc3)CC2)cc1. The molecule has 1 saturated carbocycles. The fourth-order valence-corrected chi connectivity index (χ4v) is 2.89. The zero-order chi connectivity index (χ0) is 16.3. The van der Waals surface area contributed by atoms with E-state index in [1.165, 1.54) is 5.56 Å². The van der Waals surface area contributed by atoms with Crippen molar-refractivity contribution in [1.82, 2.24) is 5.32 Å². The summed E-state index contributed by atoms with van der Waals surface area (Å²) in [6, 6.07) is 15.5. The first-order chi connectivity index (χ1) is 11.1. The molecule has 0 saturated heterocycles. The average molecular weight is 375 g/mol. The molecule has 5 heteroatoms. The maximum Gasteiger partial charge on any atom is 0.319 e. The number of anilines is 1. The lowest BCUT2D eigenvalue weighted by atomic mass is 9.96. The predicted octanol–water partition coefficient (Wildman–Crippen LogP) is 4.31. The summed E-state index contributed by atoms with van der Waals surface area (Å²) in [5.41, 5.74) is 2.10. The van der Waals surface area contributed by atoms with E-state index >= 15 is 0 Å². The van der Waals surface area contributed by atoms with E-state index in [2.05, 4.69) is 38.7 Å². The first-order valence-electron chi connectivity index (χ1n) is 7.56. The van der Waals surface area contributed by atoms with Crippen LogP contribution in [0, 0.1) is 0 Å². The molecule has 23 heavy (non-hydrogen) atoms. The van der Waals surface area contributed by atoms with Crippen molar-refractivity contribution in [2.45, 2.75) is 18.3 Å². The highest BCUT2D eigenvalue weighted by Gasteiger charge is 2.44. The molecule has 1 aliphatic carbocycles. The van der Waals surface area contributed by atoms with Gasteiger partial charge in [-0.05, 0) is 54.8 Å². The number of hydrogen-bond donors (Lipinski definition) is 2. The molecule has 0 heterocycles. The number of nitrogens with one attached hydrogen (secondary N) is 2. The van der Waals surface area contributed by atoms with Gasteiger partial charge < -0.3 is 15.4 Å². The molecule has 4 nitrogen and oxygen atoms in total. The molecule has 120 valence electrons. The van der Waals surface area contributed by atoms with Crippen LogP contribution in [0.3, 0.4) is 0 Å². The second-order valence-electron chi connectivity index (χ2n) is 5.82. The molecule has 1 fully saturated rings. The summed E-state index contributed by atoms with van der Waals surface area (Å²) in [4.78, 5) is 12.0. The molecule has 0 aliphatic heterocycles. The van der Waals surface area contributed by atoms with E-state index in [0.29, 0.717) is 6.54 Å². The van der Waals surface area contributed by atoms with Gasteiger partial charge in [0, 0.05) is 22.1 Å². The Morgan fingerprint density at radius 2 is 1.78 bits per heavy atom. The maximum absolute atomic E-state index is 12.0. The Kier molecular flexibility index (Phi) is 4.57. The van der Waals surface area contributed by atoms with Crippen molar-refractivity contribution in [1.29, 1.82) is 0 Å². The van der Waals surface area contributed by atoms with Crippen LogP contribution in [0.5, 0.6) is 5.75 Å². The van der Waals surface area contributed by atoms with E-state index in [1.807, 2.05) is 36.4 Å². The fraction of sp³-hybridized carbons (Fsp3) is 0.278. The van der Waals surface area contributed by atoms with Crippen molar-refractivity contribution in [2.24, 2.45) is 0 Å². The minimum atomic E-state index is -0.174. The minimum absolute atomic E-state index is 0.0727. The van der Waals surface area contributed by atoms with Gasteiger partial charge in [0.05, 0.1) is 7.11 Å². The topological polar surface area (TPSA) is 50.4 Å². The molecule has 2 aromatic rings.